The second-order valence-corrected chi connectivity index (χ2v) is 5.42. The lowest BCUT2D eigenvalue weighted by molar-refractivity contribution is 0.122. The second kappa shape index (κ2) is 5.55. The van der Waals surface area contributed by atoms with Crippen molar-refractivity contribution in [3.05, 3.63) is 36.0 Å². The Morgan fingerprint density at radius 1 is 1.14 bits per heavy atom. The molecule has 22 heavy (non-hydrogen) atoms. The Hall–Kier alpha value is -2.18. The number of rotatable bonds is 2. The van der Waals surface area contributed by atoms with E-state index in [0.717, 1.165) is 41.1 Å². The van der Waals surface area contributed by atoms with E-state index in [0.29, 0.717) is 18.4 Å². The smallest absolute Gasteiger partial charge is 0.143 e. The molecule has 6 nitrogen and oxygen atoms in total. The van der Waals surface area contributed by atoms with E-state index >= 15 is 0 Å². The number of pyridine rings is 1. The van der Waals surface area contributed by atoms with Crippen molar-refractivity contribution in [3.8, 4) is 11.1 Å². The van der Waals surface area contributed by atoms with Crippen LogP contribution in [0.25, 0.3) is 22.2 Å². The number of anilines is 1. The van der Waals surface area contributed by atoms with E-state index in [1.165, 1.54) is 0 Å². The number of nitrogens with one attached hydrogen (secondary N) is 1. The van der Waals surface area contributed by atoms with E-state index in [4.69, 9.17) is 16.3 Å². The third-order valence-corrected chi connectivity index (χ3v) is 4.11. The average Bonchev–Trinajstić information content (AvgIpc) is 3.00. The van der Waals surface area contributed by atoms with E-state index in [1.54, 1.807) is 12.5 Å². The van der Waals surface area contributed by atoms with Crippen molar-refractivity contribution in [3.63, 3.8) is 0 Å². The first-order chi connectivity index (χ1) is 10.8. The molecular weight excluding hydrogens is 302 g/mol. The van der Waals surface area contributed by atoms with Gasteiger partial charge in [0, 0.05) is 36.6 Å². The highest BCUT2D eigenvalue weighted by Crippen LogP contribution is 2.36. The molecule has 0 aromatic carbocycles. The van der Waals surface area contributed by atoms with Crippen LogP contribution in [-0.2, 0) is 4.74 Å². The van der Waals surface area contributed by atoms with Gasteiger partial charge in [0.25, 0.3) is 0 Å². The monoisotopic (exact) mass is 315 g/mol. The summed E-state index contributed by atoms with van der Waals surface area (Å²) in [5.74, 6) is 0.907. The zero-order chi connectivity index (χ0) is 14.9. The van der Waals surface area contributed by atoms with Gasteiger partial charge in [0.1, 0.15) is 22.9 Å². The molecule has 0 atom stereocenters. The van der Waals surface area contributed by atoms with Crippen molar-refractivity contribution in [2.45, 2.75) is 0 Å². The summed E-state index contributed by atoms with van der Waals surface area (Å²) in [5.41, 5.74) is 2.64. The van der Waals surface area contributed by atoms with Gasteiger partial charge in [-0.25, -0.2) is 15.0 Å². The van der Waals surface area contributed by atoms with Crippen LogP contribution in [0.15, 0.2) is 30.9 Å². The molecule has 7 heteroatoms. The Balaban J connectivity index is 1.91. The minimum absolute atomic E-state index is 0.472. The minimum atomic E-state index is 0.472. The minimum Gasteiger partial charge on any atom is -0.378 e. The molecule has 0 bridgehead atoms. The SMILES string of the molecule is Clc1ncccc1-c1c[nH]c2ncnc(N3CCOCC3)c12. The summed E-state index contributed by atoms with van der Waals surface area (Å²) >= 11 is 6.25. The maximum absolute atomic E-state index is 6.25. The summed E-state index contributed by atoms with van der Waals surface area (Å²) in [6, 6.07) is 3.83. The van der Waals surface area contributed by atoms with Crippen molar-refractivity contribution < 1.29 is 4.74 Å². The number of nitrogens with zero attached hydrogens (tertiary/aromatic N) is 4. The van der Waals surface area contributed by atoms with Crippen LogP contribution >= 0.6 is 11.6 Å². The Bertz CT molecular complexity index is 813. The lowest BCUT2D eigenvalue weighted by atomic mass is 10.1. The first-order valence-corrected chi connectivity index (χ1v) is 7.48. The fourth-order valence-electron chi connectivity index (χ4n) is 2.76. The van der Waals surface area contributed by atoms with Crippen LogP contribution in [0.2, 0.25) is 5.15 Å². The molecule has 1 N–H and O–H groups in total. The molecule has 0 spiro atoms. The second-order valence-electron chi connectivity index (χ2n) is 5.06. The Morgan fingerprint density at radius 3 is 2.82 bits per heavy atom. The summed E-state index contributed by atoms with van der Waals surface area (Å²) in [5, 5.41) is 1.44. The summed E-state index contributed by atoms with van der Waals surface area (Å²) in [6.45, 7) is 3.05. The number of ether oxygens (including phenoxy) is 1. The number of fused-ring (bicyclic) bond motifs is 1. The highest BCUT2D eigenvalue weighted by molar-refractivity contribution is 6.32. The lowest BCUT2D eigenvalue weighted by Crippen LogP contribution is -2.36. The molecule has 1 fully saturated rings. The van der Waals surface area contributed by atoms with Gasteiger partial charge in [0.15, 0.2) is 0 Å². The van der Waals surface area contributed by atoms with E-state index in [-0.39, 0.29) is 0 Å². The molecule has 0 aliphatic carbocycles. The lowest BCUT2D eigenvalue weighted by Gasteiger charge is -2.28. The molecule has 1 saturated heterocycles. The highest BCUT2D eigenvalue weighted by atomic mass is 35.5. The summed E-state index contributed by atoms with van der Waals surface area (Å²) in [7, 11) is 0. The van der Waals surface area contributed by atoms with E-state index < -0.39 is 0 Å². The maximum atomic E-state index is 6.25. The summed E-state index contributed by atoms with van der Waals surface area (Å²) in [4.78, 5) is 18.4. The van der Waals surface area contributed by atoms with Gasteiger partial charge in [-0.1, -0.05) is 11.6 Å². The van der Waals surface area contributed by atoms with Crippen LogP contribution in [-0.4, -0.2) is 46.2 Å². The molecule has 3 aromatic heterocycles. The number of hydrogen-bond donors (Lipinski definition) is 1. The third-order valence-electron chi connectivity index (χ3n) is 3.81. The van der Waals surface area contributed by atoms with Crippen molar-refractivity contribution in [1.29, 1.82) is 0 Å². The standard InChI is InChI=1S/C15H14ClN5O/c16-13-10(2-1-3-17-13)11-8-18-14-12(11)15(20-9-19-14)21-4-6-22-7-5-21/h1-3,8-9H,4-7H2,(H,18,19,20). The predicted molar refractivity (Wildman–Crippen MR) is 85.2 cm³/mol. The number of aromatic amines is 1. The molecule has 1 aliphatic heterocycles. The van der Waals surface area contributed by atoms with Crippen LogP contribution in [0.4, 0.5) is 5.82 Å². The summed E-state index contributed by atoms with van der Waals surface area (Å²) in [6.07, 6.45) is 5.17. The first kappa shape index (κ1) is 13.5. The van der Waals surface area contributed by atoms with Crippen molar-refractivity contribution in [1.82, 2.24) is 19.9 Å². The van der Waals surface area contributed by atoms with Gasteiger partial charge in [-0.05, 0) is 12.1 Å². The fourth-order valence-corrected chi connectivity index (χ4v) is 2.98. The van der Waals surface area contributed by atoms with Crippen molar-refractivity contribution >= 4 is 28.5 Å². The van der Waals surface area contributed by atoms with Gasteiger partial charge < -0.3 is 14.6 Å². The average molecular weight is 316 g/mol. The molecule has 1 aliphatic rings. The molecule has 0 amide bonds. The molecule has 0 radical (unpaired) electrons. The van der Waals surface area contributed by atoms with Gasteiger partial charge >= 0.3 is 0 Å². The topological polar surface area (TPSA) is 66.9 Å². The van der Waals surface area contributed by atoms with E-state index in [2.05, 4.69) is 24.8 Å². The number of H-pyrrole nitrogens is 1. The number of morpholine rings is 1. The maximum Gasteiger partial charge on any atom is 0.143 e. The van der Waals surface area contributed by atoms with Crippen LogP contribution in [0.1, 0.15) is 0 Å². The van der Waals surface area contributed by atoms with E-state index in [9.17, 15) is 0 Å². The van der Waals surface area contributed by atoms with Crippen molar-refractivity contribution in [2.75, 3.05) is 31.2 Å². The third kappa shape index (κ3) is 2.20. The normalized spacial score (nSPS) is 15.4. The van der Waals surface area contributed by atoms with Gasteiger partial charge in [0.2, 0.25) is 0 Å². The van der Waals surface area contributed by atoms with Gasteiger partial charge in [0.05, 0.1) is 18.6 Å². The predicted octanol–water partition coefficient (Wildman–Crippen LogP) is 2.51. The van der Waals surface area contributed by atoms with Crippen LogP contribution in [0.3, 0.4) is 0 Å². The summed E-state index contributed by atoms with van der Waals surface area (Å²) < 4.78 is 5.42. The quantitative estimate of drug-likeness (QED) is 0.736. The molecule has 0 unspecified atom stereocenters. The molecule has 0 saturated carbocycles. The molecular formula is C15H14ClN5O. The fraction of sp³-hybridized carbons (Fsp3) is 0.267. The van der Waals surface area contributed by atoms with E-state index in [1.807, 2.05) is 18.3 Å². The number of hydrogen-bond acceptors (Lipinski definition) is 5. The first-order valence-electron chi connectivity index (χ1n) is 7.10. The van der Waals surface area contributed by atoms with Crippen LogP contribution < -0.4 is 4.90 Å². The Kier molecular flexibility index (Phi) is 3.40. The number of aromatic nitrogens is 4. The zero-order valence-corrected chi connectivity index (χ0v) is 12.5. The molecule has 112 valence electrons. The van der Waals surface area contributed by atoms with Crippen molar-refractivity contribution in [2.24, 2.45) is 0 Å². The molecule has 3 aromatic rings. The van der Waals surface area contributed by atoms with Gasteiger partial charge in [-0.15, -0.1) is 0 Å². The number of halogens is 1. The zero-order valence-electron chi connectivity index (χ0n) is 11.8. The van der Waals surface area contributed by atoms with Crippen LogP contribution in [0.5, 0.6) is 0 Å². The molecule has 4 rings (SSSR count). The largest absolute Gasteiger partial charge is 0.378 e. The van der Waals surface area contributed by atoms with Gasteiger partial charge in [-0.3, -0.25) is 0 Å². The highest BCUT2D eigenvalue weighted by Gasteiger charge is 2.20. The Labute approximate surface area is 132 Å². The van der Waals surface area contributed by atoms with Gasteiger partial charge in [-0.2, -0.15) is 0 Å². The van der Waals surface area contributed by atoms with Crippen LogP contribution in [0, 0.1) is 0 Å². The Morgan fingerprint density at radius 2 is 2.00 bits per heavy atom. The molecule has 4 heterocycles.